The van der Waals surface area contributed by atoms with Crippen molar-refractivity contribution in [2.75, 3.05) is 6.54 Å². The van der Waals surface area contributed by atoms with Crippen LogP contribution in [0.2, 0.25) is 0 Å². The van der Waals surface area contributed by atoms with Gasteiger partial charge in [0.2, 0.25) is 5.91 Å². The van der Waals surface area contributed by atoms with Gasteiger partial charge < -0.3 is 16.0 Å². The molecule has 3 rings (SSSR count). The summed E-state index contributed by atoms with van der Waals surface area (Å²) in [4.78, 5) is 24.8. The third-order valence-electron chi connectivity index (χ3n) is 5.10. The Labute approximate surface area is 143 Å². The van der Waals surface area contributed by atoms with E-state index in [0.717, 1.165) is 50.6 Å². The molecule has 2 aliphatic rings. The summed E-state index contributed by atoms with van der Waals surface area (Å²) in [6.07, 6.45) is 5.99. The lowest BCUT2D eigenvalue weighted by atomic mass is 9.89. The first kappa shape index (κ1) is 17.0. The fourth-order valence-electron chi connectivity index (χ4n) is 3.62. The van der Waals surface area contributed by atoms with Gasteiger partial charge in [0.1, 0.15) is 0 Å². The van der Waals surface area contributed by atoms with E-state index in [2.05, 4.69) is 16.0 Å². The maximum atomic E-state index is 12.5. The number of rotatable bonds is 4. The van der Waals surface area contributed by atoms with Gasteiger partial charge >= 0.3 is 0 Å². The molecule has 1 unspecified atom stereocenters. The van der Waals surface area contributed by atoms with Crippen LogP contribution in [0.25, 0.3) is 0 Å². The molecule has 5 heteroatoms. The fraction of sp³-hybridized carbons (Fsp3) is 0.579. The zero-order valence-electron chi connectivity index (χ0n) is 14.3. The zero-order valence-corrected chi connectivity index (χ0v) is 14.3. The largest absolute Gasteiger partial charge is 0.350 e. The molecule has 3 N–H and O–H groups in total. The van der Waals surface area contributed by atoms with Crippen molar-refractivity contribution < 1.29 is 9.59 Å². The summed E-state index contributed by atoms with van der Waals surface area (Å²) in [7, 11) is 0. The van der Waals surface area contributed by atoms with Crippen molar-refractivity contribution >= 4 is 11.8 Å². The van der Waals surface area contributed by atoms with E-state index < -0.39 is 0 Å². The van der Waals surface area contributed by atoms with E-state index in [0.29, 0.717) is 5.56 Å². The Bertz CT molecular complexity index is 579. The maximum Gasteiger partial charge on any atom is 0.251 e. The zero-order chi connectivity index (χ0) is 16.9. The smallest absolute Gasteiger partial charge is 0.251 e. The Kier molecular flexibility index (Phi) is 5.51. The number of carbonyl (C=O) groups excluding carboxylic acids is 2. The summed E-state index contributed by atoms with van der Waals surface area (Å²) >= 11 is 0. The molecule has 0 aromatic heterocycles. The minimum Gasteiger partial charge on any atom is -0.350 e. The Balaban J connectivity index is 1.60. The van der Waals surface area contributed by atoms with Gasteiger partial charge in [-0.05, 0) is 51.3 Å². The van der Waals surface area contributed by atoms with Crippen LogP contribution in [-0.2, 0) is 4.79 Å². The predicted molar refractivity (Wildman–Crippen MR) is 93.9 cm³/mol. The highest BCUT2D eigenvalue weighted by Crippen LogP contribution is 2.20. The van der Waals surface area contributed by atoms with Crippen LogP contribution in [0.1, 0.15) is 54.4 Å². The Morgan fingerprint density at radius 1 is 0.958 bits per heavy atom. The molecule has 3 atom stereocenters. The lowest BCUT2D eigenvalue weighted by Gasteiger charge is -2.33. The van der Waals surface area contributed by atoms with E-state index in [9.17, 15) is 9.59 Å². The molecule has 0 spiro atoms. The molecule has 2 fully saturated rings. The predicted octanol–water partition coefficient (Wildman–Crippen LogP) is 1.90. The molecular weight excluding hydrogens is 302 g/mol. The molecule has 130 valence electrons. The molecule has 5 nitrogen and oxygen atoms in total. The summed E-state index contributed by atoms with van der Waals surface area (Å²) in [6, 6.07) is 7.57. The summed E-state index contributed by atoms with van der Waals surface area (Å²) in [5, 5.41) is 9.52. The highest BCUT2D eigenvalue weighted by Gasteiger charge is 2.31. The van der Waals surface area contributed by atoms with Gasteiger partial charge in [-0.3, -0.25) is 9.59 Å². The van der Waals surface area contributed by atoms with Crippen LogP contribution in [0, 0.1) is 6.92 Å². The van der Waals surface area contributed by atoms with Gasteiger partial charge in [0.05, 0.1) is 6.04 Å². The summed E-state index contributed by atoms with van der Waals surface area (Å²) in [5.74, 6) is 0.0223. The van der Waals surface area contributed by atoms with E-state index in [1.54, 1.807) is 0 Å². The molecule has 1 aliphatic heterocycles. The lowest BCUT2D eigenvalue weighted by molar-refractivity contribution is -0.123. The molecule has 24 heavy (non-hydrogen) atoms. The van der Waals surface area contributed by atoms with Crippen LogP contribution in [-0.4, -0.2) is 36.5 Å². The summed E-state index contributed by atoms with van der Waals surface area (Å²) in [5.41, 5.74) is 1.81. The number of hydrogen-bond acceptors (Lipinski definition) is 3. The first-order chi connectivity index (χ1) is 11.6. The Morgan fingerprint density at radius 3 is 2.25 bits per heavy atom. The van der Waals surface area contributed by atoms with Gasteiger partial charge in [0.25, 0.3) is 5.91 Å². The molecule has 1 heterocycles. The number of carbonyl (C=O) groups is 2. The van der Waals surface area contributed by atoms with Crippen molar-refractivity contribution in [1.29, 1.82) is 0 Å². The minimum atomic E-state index is -0.0691. The van der Waals surface area contributed by atoms with Gasteiger partial charge in [-0.15, -0.1) is 0 Å². The van der Waals surface area contributed by atoms with Crippen molar-refractivity contribution in [3.05, 3.63) is 35.4 Å². The summed E-state index contributed by atoms with van der Waals surface area (Å²) in [6.45, 7) is 2.92. The number of hydrogen-bond donors (Lipinski definition) is 3. The second kappa shape index (κ2) is 7.79. The first-order valence-electron chi connectivity index (χ1n) is 9.05. The number of nitrogens with one attached hydrogen (secondary N) is 3. The highest BCUT2D eigenvalue weighted by molar-refractivity contribution is 5.94. The summed E-state index contributed by atoms with van der Waals surface area (Å²) < 4.78 is 0. The van der Waals surface area contributed by atoms with Crippen molar-refractivity contribution in [3.8, 4) is 0 Å². The Hall–Kier alpha value is -1.88. The highest BCUT2D eigenvalue weighted by atomic mass is 16.2. The SMILES string of the molecule is Cc1ccc(C(=O)N[C@@H]2CCCC[C@H]2NC(=O)C2CCCN2)cc1. The van der Waals surface area contributed by atoms with Gasteiger partial charge in [0.15, 0.2) is 0 Å². The minimum absolute atomic E-state index is 0.0120. The second-order valence-corrected chi connectivity index (χ2v) is 6.99. The van der Waals surface area contributed by atoms with Crippen LogP contribution in [0.3, 0.4) is 0 Å². The molecule has 1 aromatic carbocycles. The number of benzene rings is 1. The quantitative estimate of drug-likeness (QED) is 0.790. The monoisotopic (exact) mass is 329 g/mol. The van der Waals surface area contributed by atoms with Crippen molar-refractivity contribution in [1.82, 2.24) is 16.0 Å². The molecule has 2 amide bonds. The van der Waals surface area contributed by atoms with Gasteiger partial charge in [-0.2, -0.15) is 0 Å². The van der Waals surface area contributed by atoms with Crippen LogP contribution in [0.5, 0.6) is 0 Å². The molecule has 1 aromatic rings. The fourth-order valence-corrected chi connectivity index (χ4v) is 3.62. The first-order valence-corrected chi connectivity index (χ1v) is 9.05. The van der Waals surface area contributed by atoms with Crippen molar-refractivity contribution in [3.63, 3.8) is 0 Å². The standard InChI is InChI=1S/C19H27N3O2/c1-13-8-10-14(11-9-13)18(23)21-15-5-2-3-6-16(15)22-19(24)17-7-4-12-20-17/h8-11,15-17,20H,2-7,12H2,1H3,(H,21,23)(H,22,24)/t15-,16-,17?/m1/s1. The molecule has 0 bridgehead atoms. The van der Waals surface area contributed by atoms with Gasteiger partial charge in [-0.25, -0.2) is 0 Å². The van der Waals surface area contributed by atoms with E-state index in [4.69, 9.17) is 0 Å². The van der Waals surface area contributed by atoms with Crippen LogP contribution in [0.15, 0.2) is 24.3 Å². The van der Waals surface area contributed by atoms with E-state index in [1.165, 1.54) is 0 Å². The molecule has 1 aliphatic carbocycles. The third-order valence-corrected chi connectivity index (χ3v) is 5.10. The van der Waals surface area contributed by atoms with Crippen LogP contribution >= 0.6 is 0 Å². The maximum absolute atomic E-state index is 12.5. The molecule has 1 saturated heterocycles. The molecule has 1 saturated carbocycles. The normalized spacial score (nSPS) is 26.8. The van der Waals surface area contributed by atoms with Gasteiger partial charge in [-0.1, -0.05) is 30.5 Å². The van der Waals surface area contributed by atoms with Gasteiger partial charge in [0, 0.05) is 17.6 Å². The topological polar surface area (TPSA) is 70.2 Å². The number of aryl methyl sites for hydroxylation is 1. The molecular formula is C19H27N3O2. The van der Waals surface area contributed by atoms with Crippen molar-refractivity contribution in [2.24, 2.45) is 0 Å². The molecule has 0 radical (unpaired) electrons. The average molecular weight is 329 g/mol. The van der Waals surface area contributed by atoms with Crippen LogP contribution < -0.4 is 16.0 Å². The van der Waals surface area contributed by atoms with E-state index in [-0.39, 0.29) is 29.9 Å². The second-order valence-electron chi connectivity index (χ2n) is 6.99. The number of amides is 2. The van der Waals surface area contributed by atoms with E-state index >= 15 is 0 Å². The van der Waals surface area contributed by atoms with Crippen LogP contribution in [0.4, 0.5) is 0 Å². The van der Waals surface area contributed by atoms with E-state index in [1.807, 2.05) is 31.2 Å². The average Bonchev–Trinajstić information content (AvgIpc) is 3.12. The third kappa shape index (κ3) is 4.15. The Morgan fingerprint density at radius 2 is 1.62 bits per heavy atom. The lowest BCUT2D eigenvalue weighted by Crippen LogP contribution is -2.55. The van der Waals surface area contributed by atoms with Crippen molar-refractivity contribution in [2.45, 2.75) is 63.6 Å².